The van der Waals surface area contributed by atoms with Crippen LogP contribution in [-0.4, -0.2) is 48.7 Å². The van der Waals surface area contributed by atoms with Gasteiger partial charge < -0.3 is 14.2 Å². The van der Waals surface area contributed by atoms with Gasteiger partial charge in [-0.15, -0.1) is 6.58 Å². The Labute approximate surface area is 206 Å². The fourth-order valence-electron chi connectivity index (χ4n) is 5.60. The van der Waals surface area contributed by atoms with E-state index in [1.807, 2.05) is 43.3 Å². The summed E-state index contributed by atoms with van der Waals surface area (Å²) in [5.41, 5.74) is 2.32. The van der Waals surface area contributed by atoms with Crippen molar-refractivity contribution >= 4 is 16.9 Å². The molecular weight excluding hydrogens is 440 g/mol. The van der Waals surface area contributed by atoms with E-state index in [1.54, 1.807) is 25.4 Å². The van der Waals surface area contributed by atoms with E-state index in [4.69, 9.17) is 14.2 Å². The second-order valence-corrected chi connectivity index (χ2v) is 9.31. The van der Waals surface area contributed by atoms with Crippen LogP contribution in [0.1, 0.15) is 41.8 Å². The van der Waals surface area contributed by atoms with E-state index in [2.05, 4.69) is 22.5 Å². The minimum Gasteiger partial charge on any atom is -0.497 e. The molecule has 3 aromatic rings. The zero-order valence-corrected chi connectivity index (χ0v) is 20.4. The number of piperidine rings is 3. The summed E-state index contributed by atoms with van der Waals surface area (Å²) in [7, 11) is 1.65. The highest BCUT2D eigenvalue weighted by molar-refractivity contribution is 5.90. The zero-order chi connectivity index (χ0) is 24.4. The van der Waals surface area contributed by atoms with E-state index in [-0.39, 0.29) is 12.0 Å². The molecule has 0 spiro atoms. The Kier molecular flexibility index (Phi) is 6.73. The third kappa shape index (κ3) is 4.63. The van der Waals surface area contributed by atoms with Crippen molar-refractivity contribution in [2.75, 3.05) is 26.8 Å². The number of rotatable bonds is 8. The number of methoxy groups -OCH3 is 1. The third-order valence-electron chi connectivity index (χ3n) is 7.43. The summed E-state index contributed by atoms with van der Waals surface area (Å²) < 4.78 is 17.4. The van der Waals surface area contributed by atoms with Crippen molar-refractivity contribution in [1.29, 1.82) is 0 Å². The van der Waals surface area contributed by atoms with Gasteiger partial charge in [-0.2, -0.15) is 0 Å². The largest absolute Gasteiger partial charge is 0.497 e. The van der Waals surface area contributed by atoms with Crippen LogP contribution in [0.5, 0.6) is 11.5 Å². The summed E-state index contributed by atoms with van der Waals surface area (Å²) in [6.07, 6.45) is 5.56. The zero-order valence-electron chi connectivity index (χ0n) is 20.4. The lowest BCUT2D eigenvalue weighted by Crippen LogP contribution is -2.55. The molecular formula is C29H32N2O4. The van der Waals surface area contributed by atoms with Crippen LogP contribution in [0.2, 0.25) is 0 Å². The number of esters is 1. The van der Waals surface area contributed by atoms with Gasteiger partial charge in [0.2, 0.25) is 0 Å². The molecule has 5 atom stereocenters. The molecule has 6 nitrogen and oxygen atoms in total. The highest BCUT2D eigenvalue weighted by Gasteiger charge is 2.44. The first-order valence-electron chi connectivity index (χ1n) is 12.3. The van der Waals surface area contributed by atoms with Gasteiger partial charge in [-0.1, -0.05) is 6.08 Å². The maximum absolute atomic E-state index is 13.4. The molecule has 4 heterocycles. The summed E-state index contributed by atoms with van der Waals surface area (Å²) in [6.45, 7) is 8.52. The Hall–Kier alpha value is -3.38. The summed E-state index contributed by atoms with van der Waals surface area (Å²) in [5.74, 6) is 2.18. The van der Waals surface area contributed by atoms with E-state index < -0.39 is 6.10 Å². The molecule has 3 saturated heterocycles. The van der Waals surface area contributed by atoms with Crippen LogP contribution in [0.4, 0.5) is 0 Å². The molecule has 0 N–H and O–H groups in total. The lowest BCUT2D eigenvalue weighted by molar-refractivity contribution is -0.0568. The normalized spacial score (nSPS) is 24.1. The second-order valence-electron chi connectivity index (χ2n) is 9.31. The third-order valence-corrected chi connectivity index (χ3v) is 7.43. The molecule has 2 bridgehead atoms. The van der Waals surface area contributed by atoms with Crippen LogP contribution in [0, 0.1) is 11.8 Å². The van der Waals surface area contributed by atoms with E-state index in [9.17, 15) is 4.79 Å². The Morgan fingerprint density at radius 3 is 2.69 bits per heavy atom. The smallest absolute Gasteiger partial charge is 0.338 e. The molecule has 182 valence electrons. The Balaban J connectivity index is 1.52. The number of fused-ring (bicyclic) bond motifs is 4. The van der Waals surface area contributed by atoms with Gasteiger partial charge in [-0.05, 0) is 86.7 Å². The summed E-state index contributed by atoms with van der Waals surface area (Å²) >= 11 is 0. The standard InChI is InChI=1S/C29H32N2O4/c1-4-19-18-31-15-13-21(19)16-27(31)28(35-29(32)20-6-8-22(9-7-20)34-5-2)24-12-14-30-26-11-10-23(33-3)17-25(24)26/h4,6-12,14,17,19,21,27-28H,1,5,13,15-16,18H2,2-3H3/t19-,21-,27+,28+/m0/s1. The van der Waals surface area contributed by atoms with Gasteiger partial charge in [0.25, 0.3) is 0 Å². The topological polar surface area (TPSA) is 60.9 Å². The molecule has 0 amide bonds. The van der Waals surface area contributed by atoms with Gasteiger partial charge in [-0.25, -0.2) is 4.79 Å². The average Bonchev–Trinajstić information content (AvgIpc) is 2.91. The van der Waals surface area contributed by atoms with E-state index in [0.717, 1.165) is 53.9 Å². The van der Waals surface area contributed by atoms with Crippen molar-refractivity contribution < 1.29 is 19.0 Å². The monoisotopic (exact) mass is 472 g/mol. The van der Waals surface area contributed by atoms with E-state index in [0.29, 0.717) is 24.0 Å². The lowest BCUT2D eigenvalue weighted by atomic mass is 9.73. The minimum absolute atomic E-state index is 0.0911. The van der Waals surface area contributed by atoms with Gasteiger partial charge in [-0.3, -0.25) is 9.88 Å². The van der Waals surface area contributed by atoms with E-state index in [1.165, 1.54) is 0 Å². The Bertz CT molecular complexity index is 1210. The van der Waals surface area contributed by atoms with Crippen LogP contribution < -0.4 is 9.47 Å². The van der Waals surface area contributed by atoms with Gasteiger partial charge in [0, 0.05) is 23.7 Å². The highest BCUT2D eigenvalue weighted by atomic mass is 16.5. The van der Waals surface area contributed by atoms with Gasteiger partial charge >= 0.3 is 5.97 Å². The van der Waals surface area contributed by atoms with Crippen LogP contribution in [0.15, 0.2) is 67.4 Å². The fraction of sp³-hybridized carbons (Fsp3) is 0.379. The fourth-order valence-corrected chi connectivity index (χ4v) is 5.60. The molecule has 1 unspecified atom stereocenters. The number of ether oxygens (including phenoxy) is 3. The molecule has 3 aliphatic heterocycles. The molecule has 3 aliphatic rings. The number of benzene rings is 2. The molecule has 3 fully saturated rings. The first-order valence-corrected chi connectivity index (χ1v) is 12.3. The minimum atomic E-state index is -0.430. The van der Waals surface area contributed by atoms with Crippen molar-refractivity contribution in [3.05, 3.63) is 78.5 Å². The van der Waals surface area contributed by atoms with Crippen LogP contribution in [0.25, 0.3) is 10.9 Å². The molecule has 6 rings (SSSR count). The Morgan fingerprint density at radius 1 is 1.20 bits per heavy atom. The van der Waals surface area contributed by atoms with Gasteiger partial charge in [0.05, 0.1) is 30.8 Å². The molecule has 0 saturated carbocycles. The number of pyridine rings is 1. The predicted molar refractivity (Wildman–Crippen MR) is 136 cm³/mol. The second kappa shape index (κ2) is 10.1. The molecule has 0 radical (unpaired) electrons. The number of hydrogen-bond donors (Lipinski definition) is 0. The van der Waals surface area contributed by atoms with E-state index >= 15 is 0 Å². The summed E-state index contributed by atoms with van der Waals surface area (Å²) in [4.78, 5) is 20.4. The first-order chi connectivity index (χ1) is 17.1. The summed E-state index contributed by atoms with van der Waals surface area (Å²) in [5, 5.41) is 0.944. The SMILES string of the molecule is C=C[C@H]1CN2CC[C@H]1C[C@@H]2[C@H](OC(=O)c1ccc(OCC)cc1)c1ccnc2ccc(OC)cc12. The molecule has 6 heteroatoms. The maximum atomic E-state index is 13.4. The van der Waals surface area contributed by atoms with Crippen molar-refractivity contribution in [1.82, 2.24) is 9.88 Å². The van der Waals surface area contributed by atoms with Crippen molar-refractivity contribution in [3.8, 4) is 11.5 Å². The quantitative estimate of drug-likeness (QED) is 0.322. The summed E-state index contributed by atoms with van der Waals surface area (Å²) in [6, 6.07) is 15.0. The van der Waals surface area contributed by atoms with Crippen molar-refractivity contribution in [2.24, 2.45) is 11.8 Å². The Morgan fingerprint density at radius 2 is 2.00 bits per heavy atom. The number of carbonyl (C=O) groups is 1. The highest BCUT2D eigenvalue weighted by Crippen LogP contribution is 2.44. The molecule has 1 aromatic heterocycles. The van der Waals surface area contributed by atoms with Crippen LogP contribution >= 0.6 is 0 Å². The predicted octanol–water partition coefficient (Wildman–Crippen LogP) is 5.44. The number of nitrogens with zero attached hydrogens (tertiary/aromatic N) is 2. The van der Waals surface area contributed by atoms with Crippen molar-refractivity contribution in [3.63, 3.8) is 0 Å². The van der Waals surface area contributed by atoms with Gasteiger partial charge in [0.15, 0.2) is 0 Å². The average molecular weight is 473 g/mol. The van der Waals surface area contributed by atoms with Crippen molar-refractivity contribution in [2.45, 2.75) is 31.9 Å². The van der Waals surface area contributed by atoms with Crippen LogP contribution in [-0.2, 0) is 4.74 Å². The van der Waals surface area contributed by atoms with Gasteiger partial charge in [0.1, 0.15) is 17.6 Å². The maximum Gasteiger partial charge on any atom is 0.338 e. The molecule has 2 aromatic carbocycles. The number of hydrogen-bond acceptors (Lipinski definition) is 6. The van der Waals surface area contributed by atoms with Crippen LogP contribution in [0.3, 0.4) is 0 Å². The molecule has 0 aliphatic carbocycles. The number of carbonyl (C=O) groups excluding carboxylic acids is 1. The lowest BCUT2D eigenvalue weighted by Gasteiger charge is -2.51. The number of aromatic nitrogens is 1. The first kappa shape index (κ1) is 23.4. The molecule has 35 heavy (non-hydrogen) atoms.